The molecule has 0 unspecified atom stereocenters. The summed E-state index contributed by atoms with van der Waals surface area (Å²) in [6, 6.07) is 12.3. The van der Waals surface area contributed by atoms with E-state index in [0.29, 0.717) is 0 Å². The Hall–Kier alpha value is -0.900. The highest BCUT2D eigenvalue weighted by Gasteiger charge is 2.07. The van der Waals surface area contributed by atoms with Gasteiger partial charge in [-0.2, -0.15) is 11.8 Å². The molecule has 0 aliphatic carbocycles. The number of nitrogens with one attached hydrogen (secondary N) is 1. The summed E-state index contributed by atoms with van der Waals surface area (Å²) in [5.74, 6) is 2.93. The molecule has 0 aliphatic rings. The fourth-order valence-corrected chi connectivity index (χ4v) is 2.43. The molecule has 0 fully saturated rings. The maximum Gasteiger partial charge on any atom is 0.118 e. The molecule has 2 rings (SSSR count). The van der Waals surface area contributed by atoms with Crippen molar-refractivity contribution in [1.29, 1.82) is 0 Å². The lowest BCUT2D eigenvalue weighted by molar-refractivity contribution is 0.442. The smallest absolute Gasteiger partial charge is 0.118 e. The lowest BCUT2D eigenvalue weighted by Gasteiger charge is -2.13. The fraction of sp³-hybridized carbons (Fsp3) is 0.333. The molecule has 19 heavy (non-hydrogen) atoms. The van der Waals surface area contributed by atoms with Gasteiger partial charge in [-0.3, -0.25) is 0 Å². The minimum atomic E-state index is 0.270. The molecule has 1 aromatic heterocycles. The largest absolute Gasteiger partial charge is 0.464 e. The first-order valence-electron chi connectivity index (χ1n) is 6.24. The molecule has 0 bridgehead atoms. The molecule has 0 saturated carbocycles. The second-order valence-corrected chi connectivity index (χ2v) is 5.76. The standard InChI is InChI=1S/C15H18ClNOS/c1-11(12-3-5-13(16)6-4-12)17-9-14-7-8-15(18-14)10-19-2/h3-8,11,17H,9-10H2,1-2H3/t11-/m0/s1. The quantitative estimate of drug-likeness (QED) is 0.840. The van der Waals surface area contributed by atoms with Gasteiger partial charge in [0.1, 0.15) is 11.5 Å². The third-order valence-corrected chi connectivity index (χ3v) is 3.78. The zero-order chi connectivity index (χ0) is 13.7. The minimum Gasteiger partial charge on any atom is -0.464 e. The van der Waals surface area contributed by atoms with Crippen molar-refractivity contribution in [2.24, 2.45) is 0 Å². The summed E-state index contributed by atoms with van der Waals surface area (Å²) in [6.07, 6.45) is 2.07. The molecule has 0 spiro atoms. The van der Waals surface area contributed by atoms with E-state index in [-0.39, 0.29) is 6.04 Å². The number of hydrogen-bond acceptors (Lipinski definition) is 3. The number of benzene rings is 1. The van der Waals surface area contributed by atoms with E-state index < -0.39 is 0 Å². The molecule has 102 valence electrons. The first-order chi connectivity index (χ1) is 9.19. The average molecular weight is 296 g/mol. The van der Waals surface area contributed by atoms with Crippen LogP contribution in [-0.2, 0) is 12.3 Å². The van der Waals surface area contributed by atoms with Crippen LogP contribution in [0.15, 0.2) is 40.8 Å². The molecule has 0 saturated heterocycles. The number of hydrogen-bond donors (Lipinski definition) is 1. The van der Waals surface area contributed by atoms with Crippen LogP contribution in [0.5, 0.6) is 0 Å². The fourth-order valence-electron chi connectivity index (χ4n) is 1.86. The number of thioether (sulfide) groups is 1. The van der Waals surface area contributed by atoms with Gasteiger partial charge in [-0.1, -0.05) is 23.7 Å². The van der Waals surface area contributed by atoms with E-state index >= 15 is 0 Å². The zero-order valence-corrected chi connectivity index (χ0v) is 12.7. The van der Waals surface area contributed by atoms with Crippen molar-refractivity contribution in [3.63, 3.8) is 0 Å². The summed E-state index contributed by atoms with van der Waals surface area (Å²) in [4.78, 5) is 0. The molecule has 0 amide bonds. The molecule has 1 N–H and O–H groups in total. The van der Waals surface area contributed by atoms with Crippen LogP contribution in [0, 0.1) is 0 Å². The summed E-state index contributed by atoms with van der Waals surface area (Å²) >= 11 is 7.65. The lowest BCUT2D eigenvalue weighted by atomic mass is 10.1. The van der Waals surface area contributed by atoms with Crippen LogP contribution in [0.3, 0.4) is 0 Å². The predicted octanol–water partition coefficient (Wildman–Crippen LogP) is 4.65. The Kier molecular flexibility index (Phi) is 5.37. The van der Waals surface area contributed by atoms with Crippen LogP contribution in [0.4, 0.5) is 0 Å². The van der Waals surface area contributed by atoms with Crippen LogP contribution >= 0.6 is 23.4 Å². The van der Waals surface area contributed by atoms with E-state index in [1.165, 1.54) is 5.56 Å². The summed E-state index contributed by atoms with van der Waals surface area (Å²) in [5.41, 5.74) is 1.22. The second-order valence-electron chi connectivity index (χ2n) is 4.46. The van der Waals surface area contributed by atoms with Gasteiger partial charge in [0.25, 0.3) is 0 Å². The van der Waals surface area contributed by atoms with Crippen LogP contribution in [-0.4, -0.2) is 6.26 Å². The minimum absolute atomic E-state index is 0.270. The molecule has 0 aliphatic heterocycles. The van der Waals surface area contributed by atoms with Gasteiger partial charge in [-0.25, -0.2) is 0 Å². The Balaban J connectivity index is 1.88. The van der Waals surface area contributed by atoms with Crippen LogP contribution in [0.1, 0.15) is 30.0 Å². The monoisotopic (exact) mass is 295 g/mol. The zero-order valence-electron chi connectivity index (χ0n) is 11.2. The van der Waals surface area contributed by atoms with Gasteiger partial charge in [0.2, 0.25) is 0 Å². The normalized spacial score (nSPS) is 12.6. The van der Waals surface area contributed by atoms with Gasteiger partial charge in [0, 0.05) is 11.1 Å². The summed E-state index contributed by atoms with van der Waals surface area (Å²) in [7, 11) is 0. The molecule has 4 heteroatoms. The van der Waals surface area contributed by atoms with Crippen LogP contribution < -0.4 is 5.32 Å². The van der Waals surface area contributed by atoms with E-state index in [1.807, 2.05) is 36.4 Å². The molecular formula is C15H18ClNOS. The summed E-state index contributed by atoms with van der Waals surface area (Å²) in [5, 5.41) is 4.21. The Morgan fingerprint density at radius 2 is 1.84 bits per heavy atom. The van der Waals surface area contributed by atoms with E-state index in [9.17, 15) is 0 Å². The van der Waals surface area contributed by atoms with Crippen molar-refractivity contribution in [3.05, 3.63) is 58.5 Å². The van der Waals surface area contributed by atoms with Gasteiger partial charge in [0.05, 0.1) is 12.3 Å². The first-order valence-corrected chi connectivity index (χ1v) is 8.01. The Labute approximate surface area is 123 Å². The average Bonchev–Trinajstić information content (AvgIpc) is 2.85. The van der Waals surface area contributed by atoms with Crippen molar-refractivity contribution in [3.8, 4) is 0 Å². The first kappa shape index (κ1) is 14.5. The molecule has 0 radical (unpaired) electrons. The molecule has 2 aromatic rings. The second kappa shape index (κ2) is 7.04. The van der Waals surface area contributed by atoms with Gasteiger partial charge in [0.15, 0.2) is 0 Å². The molecule has 1 atom stereocenters. The third kappa shape index (κ3) is 4.30. The molecule has 1 heterocycles. The van der Waals surface area contributed by atoms with Crippen molar-refractivity contribution < 1.29 is 4.42 Å². The van der Waals surface area contributed by atoms with Crippen LogP contribution in [0.25, 0.3) is 0 Å². The molecular weight excluding hydrogens is 278 g/mol. The van der Waals surface area contributed by atoms with Crippen molar-refractivity contribution >= 4 is 23.4 Å². The number of rotatable bonds is 6. The molecule has 2 nitrogen and oxygen atoms in total. The van der Waals surface area contributed by atoms with Gasteiger partial charge in [-0.05, 0) is 43.0 Å². The maximum absolute atomic E-state index is 5.88. The predicted molar refractivity (Wildman–Crippen MR) is 82.6 cm³/mol. The summed E-state index contributed by atoms with van der Waals surface area (Å²) in [6.45, 7) is 2.87. The number of halogens is 1. The topological polar surface area (TPSA) is 25.2 Å². The van der Waals surface area contributed by atoms with Crippen molar-refractivity contribution in [2.75, 3.05) is 6.26 Å². The Morgan fingerprint density at radius 1 is 1.16 bits per heavy atom. The maximum atomic E-state index is 5.88. The SMILES string of the molecule is CSCc1ccc(CN[C@@H](C)c2ccc(Cl)cc2)o1. The highest BCUT2D eigenvalue weighted by molar-refractivity contribution is 7.97. The summed E-state index contributed by atoms with van der Waals surface area (Å²) < 4.78 is 5.72. The van der Waals surface area contributed by atoms with Gasteiger partial charge < -0.3 is 9.73 Å². The highest BCUT2D eigenvalue weighted by Crippen LogP contribution is 2.18. The lowest BCUT2D eigenvalue weighted by Crippen LogP contribution is -2.17. The van der Waals surface area contributed by atoms with Gasteiger partial charge in [-0.15, -0.1) is 0 Å². The van der Waals surface area contributed by atoms with Crippen LogP contribution in [0.2, 0.25) is 5.02 Å². The van der Waals surface area contributed by atoms with Crippen molar-refractivity contribution in [2.45, 2.75) is 25.3 Å². The number of furan rings is 1. The highest BCUT2D eigenvalue weighted by atomic mass is 35.5. The van der Waals surface area contributed by atoms with E-state index in [2.05, 4.69) is 18.5 Å². The Morgan fingerprint density at radius 3 is 2.53 bits per heavy atom. The van der Waals surface area contributed by atoms with Gasteiger partial charge >= 0.3 is 0 Å². The van der Waals surface area contributed by atoms with E-state index in [1.54, 1.807) is 11.8 Å². The van der Waals surface area contributed by atoms with Crippen molar-refractivity contribution in [1.82, 2.24) is 5.32 Å². The third-order valence-electron chi connectivity index (χ3n) is 2.96. The molecule has 1 aromatic carbocycles. The van der Waals surface area contributed by atoms with E-state index in [4.69, 9.17) is 16.0 Å². The van der Waals surface area contributed by atoms with E-state index in [0.717, 1.165) is 28.8 Å². The Bertz CT molecular complexity index is 509.